The van der Waals surface area contributed by atoms with E-state index in [-0.39, 0.29) is 12.5 Å². The third kappa shape index (κ3) is 3.19. The van der Waals surface area contributed by atoms with E-state index < -0.39 is 5.97 Å². The highest BCUT2D eigenvalue weighted by Crippen LogP contribution is 2.41. The second-order valence-corrected chi connectivity index (χ2v) is 5.71. The topological polar surface area (TPSA) is 49.8 Å². The van der Waals surface area contributed by atoms with Gasteiger partial charge in [0.1, 0.15) is 0 Å². The number of carboxylic acids is 1. The molecule has 1 saturated carbocycles. The van der Waals surface area contributed by atoms with Gasteiger partial charge in [-0.1, -0.05) is 24.3 Å². The van der Waals surface area contributed by atoms with E-state index in [4.69, 9.17) is 4.74 Å². The molecule has 1 atom stereocenters. The van der Waals surface area contributed by atoms with Crippen LogP contribution in [0.4, 0.5) is 0 Å². The first kappa shape index (κ1) is 13.6. The zero-order valence-corrected chi connectivity index (χ0v) is 11.6. The van der Waals surface area contributed by atoms with Crippen LogP contribution in [0, 0.1) is 0 Å². The first-order valence-electron chi connectivity index (χ1n) is 7.37. The number of nitrogens with zero attached hydrogens (tertiary/aromatic N) is 1. The van der Waals surface area contributed by atoms with Crippen LogP contribution in [-0.2, 0) is 9.53 Å². The molecular weight excluding hydrogens is 254 g/mol. The number of rotatable bonds is 5. The number of carbonyl (C=O) groups is 1. The molecule has 108 valence electrons. The van der Waals surface area contributed by atoms with Crippen LogP contribution < -0.4 is 0 Å². The van der Waals surface area contributed by atoms with Gasteiger partial charge in [0.15, 0.2) is 0 Å². The lowest BCUT2D eigenvalue weighted by Gasteiger charge is -2.34. The molecule has 1 unspecified atom stereocenters. The van der Waals surface area contributed by atoms with Gasteiger partial charge in [-0.15, -0.1) is 0 Å². The van der Waals surface area contributed by atoms with Gasteiger partial charge < -0.3 is 9.84 Å². The van der Waals surface area contributed by atoms with Gasteiger partial charge in [0.25, 0.3) is 0 Å². The molecule has 2 fully saturated rings. The van der Waals surface area contributed by atoms with Gasteiger partial charge in [-0.25, -0.2) is 0 Å². The summed E-state index contributed by atoms with van der Waals surface area (Å²) in [5, 5.41) is 9.21. The highest BCUT2D eigenvalue weighted by molar-refractivity contribution is 5.68. The second kappa shape index (κ2) is 5.94. The van der Waals surface area contributed by atoms with Crippen LogP contribution in [0.5, 0.6) is 0 Å². The Kier molecular flexibility index (Phi) is 4.03. The average molecular weight is 275 g/mol. The van der Waals surface area contributed by atoms with Crippen LogP contribution in [0.2, 0.25) is 0 Å². The zero-order chi connectivity index (χ0) is 13.9. The summed E-state index contributed by atoms with van der Waals surface area (Å²) in [6.45, 7) is 3.01. The predicted octanol–water partition coefficient (Wildman–Crippen LogP) is 2.41. The molecule has 2 aliphatic rings. The van der Waals surface area contributed by atoms with Crippen LogP contribution in [0.3, 0.4) is 0 Å². The summed E-state index contributed by atoms with van der Waals surface area (Å²) in [5.41, 5.74) is 2.50. The van der Waals surface area contributed by atoms with Crippen molar-refractivity contribution in [2.75, 3.05) is 26.3 Å². The molecule has 4 heteroatoms. The van der Waals surface area contributed by atoms with Crippen LogP contribution >= 0.6 is 0 Å². The molecule has 20 heavy (non-hydrogen) atoms. The molecule has 1 aliphatic carbocycles. The van der Waals surface area contributed by atoms with Crippen LogP contribution in [0.25, 0.3) is 0 Å². The van der Waals surface area contributed by atoms with E-state index in [1.54, 1.807) is 0 Å². The maximum atomic E-state index is 11.2. The van der Waals surface area contributed by atoms with E-state index in [9.17, 15) is 9.90 Å². The molecule has 1 aromatic carbocycles. The maximum absolute atomic E-state index is 11.2. The van der Waals surface area contributed by atoms with Gasteiger partial charge >= 0.3 is 5.97 Å². The smallest absolute Gasteiger partial charge is 0.305 e. The van der Waals surface area contributed by atoms with Crippen molar-refractivity contribution in [3.8, 4) is 0 Å². The van der Waals surface area contributed by atoms with Crippen molar-refractivity contribution in [2.24, 2.45) is 0 Å². The Labute approximate surface area is 119 Å². The van der Waals surface area contributed by atoms with Crippen molar-refractivity contribution < 1.29 is 14.6 Å². The van der Waals surface area contributed by atoms with Gasteiger partial charge in [0.2, 0.25) is 0 Å². The fourth-order valence-corrected chi connectivity index (χ4v) is 2.95. The minimum atomic E-state index is -0.738. The SMILES string of the molecule is O=C(O)CC(c1cccc(C2CC2)c1)N1CCOCC1. The van der Waals surface area contributed by atoms with E-state index in [1.165, 1.54) is 18.4 Å². The molecule has 4 nitrogen and oxygen atoms in total. The molecule has 1 heterocycles. The predicted molar refractivity (Wildman–Crippen MR) is 75.8 cm³/mol. The summed E-state index contributed by atoms with van der Waals surface area (Å²) in [7, 11) is 0. The number of aliphatic carboxylic acids is 1. The van der Waals surface area contributed by atoms with Gasteiger partial charge in [0, 0.05) is 19.1 Å². The maximum Gasteiger partial charge on any atom is 0.305 e. The van der Waals surface area contributed by atoms with Crippen molar-refractivity contribution in [1.29, 1.82) is 0 Å². The lowest BCUT2D eigenvalue weighted by atomic mass is 9.98. The van der Waals surface area contributed by atoms with Gasteiger partial charge in [-0.3, -0.25) is 9.69 Å². The molecule has 0 radical (unpaired) electrons. The minimum Gasteiger partial charge on any atom is -0.481 e. The molecule has 0 amide bonds. The Morgan fingerprint density at radius 3 is 2.75 bits per heavy atom. The van der Waals surface area contributed by atoms with Gasteiger partial charge in [-0.05, 0) is 29.9 Å². The van der Waals surface area contributed by atoms with E-state index in [0.29, 0.717) is 19.1 Å². The van der Waals surface area contributed by atoms with E-state index in [2.05, 4.69) is 29.2 Å². The molecule has 3 rings (SSSR count). The summed E-state index contributed by atoms with van der Waals surface area (Å²) in [5.74, 6) is -0.0385. The number of morpholine rings is 1. The zero-order valence-electron chi connectivity index (χ0n) is 11.6. The molecule has 1 N–H and O–H groups in total. The fraction of sp³-hybridized carbons (Fsp3) is 0.562. The summed E-state index contributed by atoms with van der Waals surface area (Å²) >= 11 is 0. The summed E-state index contributed by atoms with van der Waals surface area (Å²) < 4.78 is 5.37. The minimum absolute atomic E-state index is 0.0323. The molecule has 1 aromatic rings. The molecule has 0 aromatic heterocycles. The van der Waals surface area contributed by atoms with E-state index in [1.807, 2.05) is 0 Å². The van der Waals surface area contributed by atoms with Crippen molar-refractivity contribution in [3.05, 3.63) is 35.4 Å². The largest absolute Gasteiger partial charge is 0.481 e. The van der Waals surface area contributed by atoms with Gasteiger partial charge in [-0.2, -0.15) is 0 Å². The number of hydrogen-bond donors (Lipinski definition) is 1. The van der Waals surface area contributed by atoms with Crippen molar-refractivity contribution in [2.45, 2.75) is 31.2 Å². The van der Waals surface area contributed by atoms with Crippen molar-refractivity contribution in [3.63, 3.8) is 0 Å². The Bertz CT molecular complexity index is 478. The highest BCUT2D eigenvalue weighted by Gasteiger charge is 2.27. The molecule has 1 saturated heterocycles. The number of ether oxygens (including phenoxy) is 1. The Morgan fingerprint density at radius 1 is 1.35 bits per heavy atom. The molecule has 0 spiro atoms. The highest BCUT2D eigenvalue weighted by atomic mass is 16.5. The Hall–Kier alpha value is -1.39. The number of hydrogen-bond acceptors (Lipinski definition) is 3. The van der Waals surface area contributed by atoms with Crippen LogP contribution in [0.1, 0.15) is 42.3 Å². The van der Waals surface area contributed by atoms with Crippen LogP contribution in [0.15, 0.2) is 24.3 Å². The molecule has 1 aliphatic heterocycles. The van der Waals surface area contributed by atoms with E-state index >= 15 is 0 Å². The van der Waals surface area contributed by atoms with Crippen molar-refractivity contribution >= 4 is 5.97 Å². The third-order valence-electron chi connectivity index (χ3n) is 4.20. The normalized spacial score (nSPS) is 21.6. The van der Waals surface area contributed by atoms with Crippen molar-refractivity contribution in [1.82, 2.24) is 4.90 Å². The second-order valence-electron chi connectivity index (χ2n) is 5.71. The molecule has 0 bridgehead atoms. The Balaban J connectivity index is 1.82. The third-order valence-corrected chi connectivity index (χ3v) is 4.20. The van der Waals surface area contributed by atoms with Crippen LogP contribution in [-0.4, -0.2) is 42.3 Å². The number of carboxylic acid groups (broad SMARTS) is 1. The summed E-state index contributed by atoms with van der Waals surface area (Å²) in [4.78, 5) is 13.4. The van der Waals surface area contributed by atoms with E-state index in [0.717, 1.165) is 18.7 Å². The fourth-order valence-electron chi connectivity index (χ4n) is 2.95. The summed E-state index contributed by atoms with van der Waals surface area (Å²) in [6.07, 6.45) is 2.70. The standard InChI is InChI=1S/C16H21NO3/c18-16(19)11-15(17-6-8-20-9-7-17)14-3-1-2-13(10-14)12-4-5-12/h1-3,10,12,15H,4-9,11H2,(H,18,19). The quantitative estimate of drug-likeness (QED) is 0.896. The first-order chi connectivity index (χ1) is 9.74. The van der Waals surface area contributed by atoms with Gasteiger partial charge in [0.05, 0.1) is 19.6 Å². The summed E-state index contributed by atoms with van der Waals surface area (Å²) in [6, 6.07) is 8.47. The number of benzene rings is 1. The Morgan fingerprint density at radius 2 is 2.10 bits per heavy atom. The monoisotopic (exact) mass is 275 g/mol. The average Bonchev–Trinajstić information content (AvgIpc) is 3.30. The lowest BCUT2D eigenvalue weighted by Crippen LogP contribution is -2.39. The first-order valence-corrected chi connectivity index (χ1v) is 7.37. The lowest BCUT2D eigenvalue weighted by molar-refractivity contribution is -0.139. The molecular formula is C16H21NO3.